The summed E-state index contributed by atoms with van der Waals surface area (Å²) >= 11 is 1.84. The SMILES string of the molecule is CSc1ccccc1CN1CCC2(CCC(=O)N(CCN(C)C)C2)CC1. The second-order valence-electron chi connectivity index (χ2n) is 8.21. The lowest BCUT2D eigenvalue weighted by Crippen LogP contribution is -2.52. The van der Waals surface area contributed by atoms with Crippen LogP contribution in [0, 0.1) is 5.41 Å². The predicted octanol–water partition coefficient (Wildman–Crippen LogP) is 3.17. The first-order valence-corrected chi connectivity index (χ1v) is 11.0. The molecule has 1 spiro atoms. The van der Waals surface area contributed by atoms with Gasteiger partial charge in [-0.25, -0.2) is 0 Å². The lowest BCUT2D eigenvalue weighted by atomic mass is 9.72. The Morgan fingerprint density at radius 3 is 2.58 bits per heavy atom. The zero-order valence-electron chi connectivity index (χ0n) is 16.5. The van der Waals surface area contributed by atoms with E-state index in [9.17, 15) is 4.79 Å². The molecular weight excluding hydrogens is 342 g/mol. The largest absolute Gasteiger partial charge is 0.341 e. The van der Waals surface area contributed by atoms with Gasteiger partial charge in [-0.05, 0) is 69.7 Å². The molecule has 0 atom stereocenters. The van der Waals surface area contributed by atoms with Crippen LogP contribution in [0.3, 0.4) is 0 Å². The van der Waals surface area contributed by atoms with Gasteiger partial charge in [0.15, 0.2) is 0 Å². The minimum Gasteiger partial charge on any atom is -0.341 e. The van der Waals surface area contributed by atoms with Crippen LogP contribution in [-0.2, 0) is 11.3 Å². The van der Waals surface area contributed by atoms with Crippen LogP contribution < -0.4 is 0 Å². The van der Waals surface area contributed by atoms with Crippen molar-refractivity contribution in [3.63, 3.8) is 0 Å². The normalized spacial score (nSPS) is 20.9. The third-order valence-electron chi connectivity index (χ3n) is 6.07. The molecule has 0 N–H and O–H groups in total. The van der Waals surface area contributed by atoms with Gasteiger partial charge in [-0.3, -0.25) is 9.69 Å². The molecular formula is C21H33N3OS. The number of carbonyl (C=O) groups excluding carboxylic acids is 1. The van der Waals surface area contributed by atoms with Gasteiger partial charge in [-0.2, -0.15) is 0 Å². The second kappa shape index (κ2) is 8.77. The van der Waals surface area contributed by atoms with E-state index in [2.05, 4.69) is 59.3 Å². The molecule has 0 unspecified atom stereocenters. The highest BCUT2D eigenvalue weighted by atomic mass is 32.2. The number of piperidine rings is 2. The smallest absolute Gasteiger partial charge is 0.222 e. The van der Waals surface area contributed by atoms with Gasteiger partial charge >= 0.3 is 0 Å². The lowest BCUT2D eigenvalue weighted by molar-refractivity contribution is -0.139. The number of nitrogens with zero attached hydrogens (tertiary/aromatic N) is 3. The van der Waals surface area contributed by atoms with E-state index in [1.165, 1.54) is 23.3 Å². The fourth-order valence-electron chi connectivity index (χ4n) is 4.29. The molecule has 4 nitrogen and oxygen atoms in total. The highest BCUT2D eigenvalue weighted by Gasteiger charge is 2.40. The summed E-state index contributed by atoms with van der Waals surface area (Å²) in [6, 6.07) is 8.76. The topological polar surface area (TPSA) is 26.8 Å². The molecule has 1 aromatic rings. The zero-order chi connectivity index (χ0) is 18.6. The van der Waals surface area contributed by atoms with Gasteiger partial charge in [-0.1, -0.05) is 18.2 Å². The van der Waals surface area contributed by atoms with Crippen molar-refractivity contribution in [3.8, 4) is 0 Å². The van der Waals surface area contributed by atoms with Gasteiger partial charge in [-0.15, -0.1) is 11.8 Å². The van der Waals surface area contributed by atoms with Crippen LogP contribution in [0.5, 0.6) is 0 Å². The van der Waals surface area contributed by atoms with Gasteiger partial charge < -0.3 is 9.80 Å². The molecule has 2 saturated heterocycles. The molecule has 0 saturated carbocycles. The van der Waals surface area contributed by atoms with E-state index in [0.717, 1.165) is 52.1 Å². The first-order chi connectivity index (χ1) is 12.5. The first kappa shape index (κ1) is 19.7. The van der Waals surface area contributed by atoms with Gasteiger partial charge in [0, 0.05) is 37.5 Å². The van der Waals surface area contributed by atoms with Gasteiger partial charge in [0.05, 0.1) is 0 Å². The van der Waals surface area contributed by atoms with Crippen molar-refractivity contribution >= 4 is 17.7 Å². The van der Waals surface area contributed by atoms with Crippen molar-refractivity contribution in [2.24, 2.45) is 5.41 Å². The Morgan fingerprint density at radius 2 is 1.88 bits per heavy atom. The molecule has 1 amide bonds. The van der Waals surface area contributed by atoms with Crippen molar-refractivity contribution in [1.82, 2.24) is 14.7 Å². The van der Waals surface area contributed by atoms with Crippen LogP contribution >= 0.6 is 11.8 Å². The van der Waals surface area contributed by atoms with Crippen molar-refractivity contribution in [2.75, 3.05) is 53.1 Å². The molecule has 2 aliphatic rings. The van der Waals surface area contributed by atoms with E-state index in [0.29, 0.717) is 11.3 Å². The van der Waals surface area contributed by atoms with E-state index in [1.807, 2.05) is 11.8 Å². The maximum Gasteiger partial charge on any atom is 0.222 e. The summed E-state index contributed by atoms with van der Waals surface area (Å²) in [6.07, 6.45) is 6.42. The Hall–Kier alpha value is -1.04. The van der Waals surface area contributed by atoms with E-state index in [4.69, 9.17) is 0 Å². The molecule has 2 aliphatic heterocycles. The van der Waals surface area contributed by atoms with E-state index in [-0.39, 0.29) is 0 Å². The third kappa shape index (κ3) is 4.81. The summed E-state index contributed by atoms with van der Waals surface area (Å²) in [4.78, 5) is 20.6. The summed E-state index contributed by atoms with van der Waals surface area (Å²) in [5, 5.41) is 0. The maximum atomic E-state index is 12.3. The quantitative estimate of drug-likeness (QED) is 0.714. The summed E-state index contributed by atoms with van der Waals surface area (Å²) in [5.74, 6) is 0.355. The number of likely N-dealkylation sites (N-methyl/N-ethyl adjacent to an activating group) is 1. The number of amides is 1. The van der Waals surface area contributed by atoms with Crippen molar-refractivity contribution in [3.05, 3.63) is 29.8 Å². The molecule has 0 radical (unpaired) electrons. The minimum absolute atomic E-state index is 0.355. The van der Waals surface area contributed by atoms with Crippen molar-refractivity contribution < 1.29 is 4.79 Å². The van der Waals surface area contributed by atoms with Crippen molar-refractivity contribution in [2.45, 2.75) is 37.1 Å². The van der Waals surface area contributed by atoms with Crippen molar-refractivity contribution in [1.29, 1.82) is 0 Å². The van der Waals surface area contributed by atoms with Crippen LogP contribution in [0.2, 0.25) is 0 Å². The zero-order valence-corrected chi connectivity index (χ0v) is 17.4. The predicted molar refractivity (Wildman–Crippen MR) is 110 cm³/mol. The summed E-state index contributed by atoms with van der Waals surface area (Å²) in [7, 11) is 4.16. The average Bonchev–Trinajstić information content (AvgIpc) is 2.65. The molecule has 5 heteroatoms. The molecule has 144 valence electrons. The number of rotatable bonds is 6. The number of thioether (sulfide) groups is 1. The lowest BCUT2D eigenvalue weighted by Gasteiger charge is -2.47. The number of hydrogen-bond acceptors (Lipinski definition) is 4. The molecule has 3 rings (SSSR count). The van der Waals surface area contributed by atoms with E-state index < -0.39 is 0 Å². The van der Waals surface area contributed by atoms with E-state index >= 15 is 0 Å². The Morgan fingerprint density at radius 1 is 1.15 bits per heavy atom. The summed E-state index contributed by atoms with van der Waals surface area (Å²) < 4.78 is 0. The molecule has 0 aromatic heterocycles. The number of carbonyl (C=O) groups is 1. The van der Waals surface area contributed by atoms with Crippen LogP contribution in [-0.4, -0.2) is 73.7 Å². The first-order valence-electron chi connectivity index (χ1n) is 9.78. The van der Waals surface area contributed by atoms with E-state index in [1.54, 1.807) is 0 Å². The standard InChI is InChI=1S/C21H33N3OS/c1-22(2)14-15-24-17-21(9-8-20(24)25)10-12-23(13-11-21)16-18-6-4-5-7-19(18)26-3/h4-7H,8-17H2,1-3H3. The maximum absolute atomic E-state index is 12.3. The fraction of sp³-hybridized carbons (Fsp3) is 0.667. The Labute approximate surface area is 162 Å². The molecule has 2 heterocycles. The highest BCUT2D eigenvalue weighted by molar-refractivity contribution is 7.98. The Balaban J connectivity index is 1.56. The minimum atomic E-state index is 0.355. The third-order valence-corrected chi connectivity index (χ3v) is 6.91. The molecule has 1 aromatic carbocycles. The van der Waals surface area contributed by atoms with Gasteiger partial charge in [0.1, 0.15) is 0 Å². The van der Waals surface area contributed by atoms with Crippen LogP contribution in [0.25, 0.3) is 0 Å². The highest BCUT2D eigenvalue weighted by Crippen LogP contribution is 2.40. The second-order valence-corrected chi connectivity index (χ2v) is 9.05. The number of benzene rings is 1. The van der Waals surface area contributed by atoms with Gasteiger partial charge in [0.25, 0.3) is 0 Å². The van der Waals surface area contributed by atoms with Crippen LogP contribution in [0.1, 0.15) is 31.2 Å². The monoisotopic (exact) mass is 375 g/mol. The molecule has 2 fully saturated rings. The molecule has 0 bridgehead atoms. The van der Waals surface area contributed by atoms with Crippen LogP contribution in [0.4, 0.5) is 0 Å². The number of hydrogen-bond donors (Lipinski definition) is 0. The summed E-state index contributed by atoms with van der Waals surface area (Å²) in [5.41, 5.74) is 1.80. The summed E-state index contributed by atoms with van der Waals surface area (Å²) in [6.45, 7) is 6.15. The Kier molecular flexibility index (Phi) is 6.65. The fourth-order valence-corrected chi connectivity index (χ4v) is 4.90. The van der Waals surface area contributed by atoms with Gasteiger partial charge in [0.2, 0.25) is 5.91 Å². The molecule has 26 heavy (non-hydrogen) atoms. The Bertz CT molecular complexity index is 611. The molecule has 0 aliphatic carbocycles. The average molecular weight is 376 g/mol. The van der Waals surface area contributed by atoms with Crippen LogP contribution in [0.15, 0.2) is 29.2 Å². The number of likely N-dealkylation sites (tertiary alicyclic amines) is 2.